The summed E-state index contributed by atoms with van der Waals surface area (Å²) in [7, 11) is 0. The highest BCUT2D eigenvalue weighted by Gasteiger charge is 2.24. The van der Waals surface area contributed by atoms with Crippen LogP contribution in [-0.4, -0.2) is 30.5 Å². The molecule has 0 aliphatic carbocycles. The number of rotatable bonds is 4. The molecule has 2 aromatic heterocycles. The molecule has 0 saturated heterocycles. The number of aromatic nitrogens is 5. The Balaban J connectivity index is 1.79. The number of benzene rings is 2. The van der Waals surface area contributed by atoms with E-state index in [1.807, 2.05) is 6.92 Å². The van der Waals surface area contributed by atoms with Crippen molar-refractivity contribution >= 4 is 11.9 Å². The minimum absolute atomic E-state index is 0.0917. The third kappa shape index (κ3) is 3.27. The summed E-state index contributed by atoms with van der Waals surface area (Å²) in [5.41, 5.74) is 7.95. The number of carbonyl (C=O) groups is 1. The Labute approximate surface area is 164 Å². The third-order valence-electron chi connectivity index (χ3n) is 4.50. The molecule has 146 valence electrons. The highest BCUT2D eigenvalue weighted by Crippen LogP contribution is 2.23. The van der Waals surface area contributed by atoms with E-state index in [1.165, 1.54) is 47.2 Å². The van der Waals surface area contributed by atoms with Crippen LogP contribution in [0.5, 0.6) is 0 Å². The molecule has 29 heavy (non-hydrogen) atoms. The number of halogens is 2. The number of nitrogens with zero attached hydrogens (tertiary/aromatic N) is 5. The molecule has 0 atom stereocenters. The molecule has 2 heterocycles. The van der Waals surface area contributed by atoms with E-state index in [9.17, 15) is 13.6 Å². The van der Waals surface area contributed by atoms with Gasteiger partial charge in [0.05, 0.1) is 23.1 Å². The highest BCUT2D eigenvalue weighted by atomic mass is 19.1. The van der Waals surface area contributed by atoms with Crippen LogP contribution < -0.4 is 5.73 Å². The molecule has 9 heteroatoms. The van der Waals surface area contributed by atoms with Gasteiger partial charge in [-0.3, -0.25) is 4.79 Å². The smallest absolute Gasteiger partial charge is 0.270 e. The molecule has 0 saturated carbocycles. The van der Waals surface area contributed by atoms with Gasteiger partial charge >= 0.3 is 0 Å². The van der Waals surface area contributed by atoms with Crippen LogP contribution in [0.2, 0.25) is 0 Å². The molecule has 7 nitrogen and oxygen atoms in total. The molecule has 0 aliphatic rings. The first-order chi connectivity index (χ1) is 14.0. The first-order valence-electron chi connectivity index (χ1n) is 8.84. The number of hydrogen-bond donors (Lipinski definition) is 1. The van der Waals surface area contributed by atoms with Gasteiger partial charge in [0, 0.05) is 5.56 Å². The van der Waals surface area contributed by atoms with Gasteiger partial charge in [-0.25, -0.2) is 18.0 Å². The molecule has 4 rings (SSSR count). The molecule has 2 aromatic carbocycles. The first-order valence-corrected chi connectivity index (χ1v) is 8.84. The molecule has 2 N–H and O–H groups in total. The third-order valence-corrected chi connectivity index (χ3v) is 4.50. The zero-order valence-electron chi connectivity index (χ0n) is 15.4. The maximum Gasteiger partial charge on any atom is 0.270 e. The van der Waals surface area contributed by atoms with Gasteiger partial charge in [-0.2, -0.15) is 5.10 Å². The molecule has 0 radical (unpaired) electrons. The van der Waals surface area contributed by atoms with E-state index in [0.29, 0.717) is 28.9 Å². The number of nitrogens with two attached hydrogens (primary N) is 1. The Kier molecular flexibility index (Phi) is 4.63. The molecule has 4 aromatic rings. The van der Waals surface area contributed by atoms with Crippen LogP contribution in [0.25, 0.3) is 17.1 Å². The zero-order chi connectivity index (χ0) is 20.5. The van der Waals surface area contributed by atoms with Gasteiger partial charge in [0.2, 0.25) is 5.95 Å². The second-order valence-corrected chi connectivity index (χ2v) is 6.28. The van der Waals surface area contributed by atoms with Crippen molar-refractivity contribution in [2.24, 2.45) is 0 Å². The van der Waals surface area contributed by atoms with Crippen LogP contribution in [-0.2, 0) is 6.42 Å². The van der Waals surface area contributed by atoms with Gasteiger partial charge < -0.3 is 5.73 Å². The standard InChI is InChI=1S/C20H16F2N6O/c1-2-17-16(11-24-28(17)15-9-7-14(22)8-10-15)19(29)27-18(25-26-20(27)23)12-3-5-13(21)6-4-12/h3-11H,2H2,1H3,(H2,23,26). The van der Waals surface area contributed by atoms with Crippen molar-refractivity contribution in [3.05, 3.63) is 77.6 Å². The summed E-state index contributed by atoms with van der Waals surface area (Å²) in [4.78, 5) is 13.3. The number of carbonyl (C=O) groups excluding carboxylic acids is 1. The average Bonchev–Trinajstić information content (AvgIpc) is 3.32. The van der Waals surface area contributed by atoms with E-state index in [4.69, 9.17) is 5.73 Å². The maximum atomic E-state index is 13.3. The van der Waals surface area contributed by atoms with Crippen molar-refractivity contribution in [1.82, 2.24) is 24.5 Å². The average molecular weight is 394 g/mol. The van der Waals surface area contributed by atoms with Crippen molar-refractivity contribution in [2.45, 2.75) is 13.3 Å². The number of anilines is 1. The molecule has 0 aliphatic heterocycles. The summed E-state index contributed by atoms with van der Waals surface area (Å²) in [6, 6.07) is 11.3. The Bertz CT molecular complexity index is 1180. The summed E-state index contributed by atoms with van der Waals surface area (Å²) in [5, 5.41) is 12.1. The second kappa shape index (κ2) is 7.27. The van der Waals surface area contributed by atoms with Crippen molar-refractivity contribution < 1.29 is 13.6 Å². The van der Waals surface area contributed by atoms with E-state index in [2.05, 4.69) is 15.3 Å². The predicted molar refractivity (Wildman–Crippen MR) is 102 cm³/mol. The molecule has 0 bridgehead atoms. The maximum absolute atomic E-state index is 13.3. The lowest BCUT2D eigenvalue weighted by Gasteiger charge is -2.10. The Hall–Kier alpha value is -3.88. The normalized spacial score (nSPS) is 11.0. The van der Waals surface area contributed by atoms with E-state index in [1.54, 1.807) is 16.8 Å². The van der Waals surface area contributed by atoms with Gasteiger partial charge in [0.25, 0.3) is 5.91 Å². The van der Waals surface area contributed by atoms with E-state index in [0.717, 1.165) is 0 Å². The monoisotopic (exact) mass is 394 g/mol. The minimum atomic E-state index is -0.461. The second-order valence-electron chi connectivity index (χ2n) is 6.28. The van der Waals surface area contributed by atoms with Crippen molar-refractivity contribution in [3.8, 4) is 17.1 Å². The zero-order valence-corrected chi connectivity index (χ0v) is 15.4. The number of hydrogen-bond acceptors (Lipinski definition) is 5. The van der Waals surface area contributed by atoms with Crippen molar-refractivity contribution in [3.63, 3.8) is 0 Å². The summed E-state index contributed by atoms with van der Waals surface area (Å²) < 4.78 is 29.2. The lowest BCUT2D eigenvalue weighted by atomic mass is 10.1. The van der Waals surface area contributed by atoms with Crippen LogP contribution in [0.3, 0.4) is 0 Å². The molecule has 0 unspecified atom stereocenters. The van der Waals surface area contributed by atoms with Crippen LogP contribution in [0.15, 0.2) is 54.7 Å². The molecular weight excluding hydrogens is 378 g/mol. The lowest BCUT2D eigenvalue weighted by molar-refractivity contribution is 0.0963. The fraction of sp³-hybridized carbons (Fsp3) is 0.100. The van der Waals surface area contributed by atoms with Gasteiger partial charge in [-0.1, -0.05) is 6.92 Å². The van der Waals surface area contributed by atoms with Crippen LogP contribution in [0.1, 0.15) is 23.0 Å². The van der Waals surface area contributed by atoms with E-state index < -0.39 is 11.7 Å². The summed E-state index contributed by atoms with van der Waals surface area (Å²) in [5.74, 6) is -1.13. The van der Waals surface area contributed by atoms with Gasteiger partial charge in [0.1, 0.15) is 11.6 Å². The summed E-state index contributed by atoms with van der Waals surface area (Å²) in [6.07, 6.45) is 1.92. The molecular formula is C20H16F2N6O. The SMILES string of the molecule is CCc1c(C(=O)n2c(N)nnc2-c2ccc(F)cc2)cnn1-c1ccc(F)cc1. The minimum Gasteiger partial charge on any atom is -0.367 e. The Morgan fingerprint density at radius 1 is 1.00 bits per heavy atom. The predicted octanol–water partition coefficient (Wildman–Crippen LogP) is 3.24. The molecule has 0 spiro atoms. The fourth-order valence-corrected chi connectivity index (χ4v) is 3.10. The quantitative estimate of drug-likeness (QED) is 0.574. The largest absolute Gasteiger partial charge is 0.367 e. The fourth-order valence-electron chi connectivity index (χ4n) is 3.10. The highest BCUT2D eigenvalue weighted by molar-refractivity contribution is 6.00. The van der Waals surface area contributed by atoms with E-state index >= 15 is 0 Å². The van der Waals surface area contributed by atoms with Gasteiger partial charge in [-0.15, -0.1) is 10.2 Å². The Morgan fingerprint density at radius 3 is 2.24 bits per heavy atom. The lowest BCUT2D eigenvalue weighted by Crippen LogP contribution is -2.17. The van der Waals surface area contributed by atoms with Crippen molar-refractivity contribution in [2.75, 3.05) is 5.73 Å². The summed E-state index contributed by atoms with van der Waals surface area (Å²) in [6.45, 7) is 1.88. The molecule has 0 fully saturated rings. The van der Waals surface area contributed by atoms with Crippen LogP contribution in [0.4, 0.5) is 14.7 Å². The molecule has 0 amide bonds. The van der Waals surface area contributed by atoms with Gasteiger partial charge in [0.15, 0.2) is 5.82 Å². The first kappa shape index (κ1) is 18.5. The number of nitrogen functional groups attached to an aromatic ring is 1. The van der Waals surface area contributed by atoms with E-state index in [-0.39, 0.29) is 17.6 Å². The summed E-state index contributed by atoms with van der Waals surface area (Å²) >= 11 is 0. The van der Waals surface area contributed by atoms with Crippen molar-refractivity contribution in [1.29, 1.82) is 0 Å². The van der Waals surface area contributed by atoms with Gasteiger partial charge in [-0.05, 0) is 55.0 Å². The van der Waals surface area contributed by atoms with Crippen LogP contribution in [0, 0.1) is 11.6 Å². The topological polar surface area (TPSA) is 91.6 Å². The Morgan fingerprint density at radius 2 is 1.62 bits per heavy atom. The van der Waals surface area contributed by atoms with Crippen LogP contribution >= 0.6 is 0 Å².